The highest BCUT2D eigenvalue weighted by molar-refractivity contribution is 7.89. The number of nitrogens with zero attached hydrogens (tertiary/aromatic N) is 1. The number of amides is 1. The Balaban J connectivity index is 1.50. The molecule has 156 valence electrons. The summed E-state index contributed by atoms with van der Waals surface area (Å²) < 4.78 is 39.7. The molecule has 2 N–H and O–H groups in total. The molecule has 0 aliphatic carbocycles. The lowest BCUT2D eigenvalue weighted by Gasteiger charge is -2.28. The number of halogens is 1. The standard InChI is InChI=1S/C21H26FN3O3S/c22-18-8-10-19(11-9-18)29(27,28)24-13-12-21(26)23-16-20(25-14-4-5-15-25)17-6-2-1-3-7-17/h1-3,6-11,20,24H,4-5,12-16H2,(H,23,26). The van der Waals surface area contributed by atoms with Crippen molar-refractivity contribution in [1.82, 2.24) is 14.9 Å². The minimum absolute atomic E-state index is 0.0226. The highest BCUT2D eigenvalue weighted by atomic mass is 32.2. The lowest BCUT2D eigenvalue weighted by molar-refractivity contribution is -0.121. The summed E-state index contributed by atoms with van der Waals surface area (Å²) in [6.45, 7) is 2.47. The van der Waals surface area contributed by atoms with Gasteiger partial charge in [0.1, 0.15) is 5.82 Å². The first-order valence-electron chi connectivity index (χ1n) is 9.76. The molecule has 0 saturated carbocycles. The van der Waals surface area contributed by atoms with E-state index in [0.717, 1.165) is 43.6 Å². The predicted molar refractivity (Wildman–Crippen MR) is 109 cm³/mol. The molecule has 29 heavy (non-hydrogen) atoms. The SMILES string of the molecule is O=C(CCNS(=O)(=O)c1ccc(F)cc1)NCC(c1ccccc1)N1CCCC1. The minimum atomic E-state index is -3.76. The highest BCUT2D eigenvalue weighted by Gasteiger charge is 2.23. The van der Waals surface area contributed by atoms with E-state index in [9.17, 15) is 17.6 Å². The van der Waals surface area contributed by atoms with E-state index in [-0.39, 0.29) is 29.8 Å². The fourth-order valence-corrected chi connectivity index (χ4v) is 4.51. The summed E-state index contributed by atoms with van der Waals surface area (Å²) in [5, 5.41) is 2.93. The predicted octanol–water partition coefficient (Wildman–Crippen LogP) is 2.45. The van der Waals surface area contributed by atoms with E-state index >= 15 is 0 Å². The topological polar surface area (TPSA) is 78.5 Å². The Bertz CT molecular complexity index is 899. The molecular weight excluding hydrogens is 393 g/mol. The lowest BCUT2D eigenvalue weighted by Crippen LogP contribution is -2.38. The summed E-state index contributed by atoms with van der Waals surface area (Å²) in [5.41, 5.74) is 1.16. The van der Waals surface area contributed by atoms with E-state index in [2.05, 4.69) is 27.1 Å². The number of benzene rings is 2. The fourth-order valence-electron chi connectivity index (χ4n) is 3.48. The summed E-state index contributed by atoms with van der Waals surface area (Å²) in [7, 11) is -3.76. The summed E-state index contributed by atoms with van der Waals surface area (Å²) in [6, 6.07) is 14.7. The molecule has 3 rings (SSSR count). The van der Waals surface area contributed by atoms with Gasteiger partial charge in [0.05, 0.1) is 10.9 Å². The molecule has 1 atom stereocenters. The molecule has 1 saturated heterocycles. The second-order valence-corrected chi connectivity index (χ2v) is 8.84. The van der Waals surface area contributed by atoms with Gasteiger partial charge in [-0.15, -0.1) is 0 Å². The zero-order chi connectivity index (χ0) is 20.7. The van der Waals surface area contributed by atoms with Gasteiger partial charge in [0.2, 0.25) is 15.9 Å². The van der Waals surface area contributed by atoms with Crippen LogP contribution in [0.2, 0.25) is 0 Å². The Morgan fingerprint density at radius 3 is 2.34 bits per heavy atom. The molecule has 1 aliphatic heterocycles. The maximum absolute atomic E-state index is 12.9. The number of hydrogen-bond donors (Lipinski definition) is 2. The monoisotopic (exact) mass is 419 g/mol. The molecule has 8 heteroatoms. The summed E-state index contributed by atoms with van der Waals surface area (Å²) in [4.78, 5) is 14.6. The average Bonchev–Trinajstić information content (AvgIpc) is 3.24. The second-order valence-electron chi connectivity index (χ2n) is 7.08. The van der Waals surface area contributed by atoms with Crippen molar-refractivity contribution >= 4 is 15.9 Å². The number of carbonyl (C=O) groups is 1. The smallest absolute Gasteiger partial charge is 0.240 e. The maximum atomic E-state index is 12.9. The van der Waals surface area contributed by atoms with Gasteiger partial charge < -0.3 is 5.32 Å². The molecule has 1 unspecified atom stereocenters. The minimum Gasteiger partial charge on any atom is -0.354 e. The first kappa shape index (κ1) is 21.4. The van der Waals surface area contributed by atoms with Gasteiger partial charge in [0.25, 0.3) is 0 Å². The van der Waals surface area contributed by atoms with Crippen molar-refractivity contribution in [1.29, 1.82) is 0 Å². The molecule has 0 radical (unpaired) electrons. The Morgan fingerprint density at radius 1 is 1.03 bits per heavy atom. The van der Waals surface area contributed by atoms with Crippen LogP contribution >= 0.6 is 0 Å². The van der Waals surface area contributed by atoms with E-state index in [1.807, 2.05) is 18.2 Å². The van der Waals surface area contributed by atoms with Crippen LogP contribution in [-0.2, 0) is 14.8 Å². The van der Waals surface area contributed by atoms with Crippen molar-refractivity contribution in [3.05, 3.63) is 66.0 Å². The van der Waals surface area contributed by atoms with E-state index in [4.69, 9.17) is 0 Å². The molecular formula is C21H26FN3O3S. The van der Waals surface area contributed by atoms with Crippen molar-refractivity contribution in [3.8, 4) is 0 Å². The Labute approximate surface area is 171 Å². The third kappa shape index (κ3) is 6.09. The summed E-state index contributed by atoms with van der Waals surface area (Å²) in [6.07, 6.45) is 2.34. The number of sulfonamides is 1. The van der Waals surface area contributed by atoms with Crippen LogP contribution in [0.5, 0.6) is 0 Å². The third-order valence-corrected chi connectivity index (χ3v) is 6.50. The van der Waals surface area contributed by atoms with Crippen molar-refractivity contribution in [2.24, 2.45) is 0 Å². The van der Waals surface area contributed by atoms with Crippen LogP contribution in [0, 0.1) is 5.82 Å². The molecule has 1 heterocycles. The first-order valence-corrected chi connectivity index (χ1v) is 11.2. The van der Waals surface area contributed by atoms with Crippen LogP contribution in [0.3, 0.4) is 0 Å². The van der Waals surface area contributed by atoms with Crippen molar-refractivity contribution < 1.29 is 17.6 Å². The first-order chi connectivity index (χ1) is 14.0. The number of likely N-dealkylation sites (tertiary alicyclic amines) is 1. The molecule has 1 amide bonds. The van der Waals surface area contributed by atoms with E-state index in [0.29, 0.717) is 6.54 Å². The second kappa shape index (κ2) is 9.96. The lowest BCUT2D eigenvalue weighted by atomic mass is 10.1. The molecule has 0 bridgehead atoms. The molecule has 2 aromatic carbocycles. The van der Waals surface area contributed by atoms with Crippen LogP contribution in [0.4, 0.5) is 4.39 Å². The number of rotatable bonds is 9. The Hall–Kier alpha value is -2.29. The number of carbonyl (C=O) groups excluding carboxylic acids is 1. The maximum Gasteiger partial charge on any atom is 0.240 e. The zero-order valence-electron chi connectivity index (χ0n) is 16.2. The van der Waals surface area contributed by atoms with Crippen LogP contribution < -0.4 is 10.0 Å². The van der Waals surface area contributed by atoms with E-state index in [1.54, 1.807) is 0 Å². The van der Waals surface area contributed by atoms with Crippen LogP contribution in [0.15, 0.2) is 59.5 Å². The van der Waals surface area contributed by atoms with Gasteiger partial charge >= 0.3 is 0 Å². The van der Waals surface area contributed by atoms with Crippen molar-refractivity contribution in [2.75, 3.05) is 26.2 Å². The molecule has 1 fully saturated rings. The highest BCUT2D eigenvalue weighted by Crippen LogP contribution is 2.24. The van der Waals surface area contributed by atoms with Crippen LogP contribution in [-0.4, -0.2) is 45.4 Å². The molecule has 0 spiro atoms. The molecule has 6 nitrogen and oxygen atoms in total. The van der Waals surface area contributed by atoms with Crippen LogP contribution in [0.1, 0.15) is 30.9 Å². The fraction of sp³-hybridized carbons (Fsp3) is 0.381. The van der Waals surface area contributed by atoms with Gasteiger partial charge in [0.15, 0.2) is 0 Å². The van der Waals surface area contributed by atoms with Crippen molar-refractivity contribution in [2.45, 2.75) is 30.2 Å². The Kier molecular flexibility index (Phi) is 7.35. The molecule has 2 aromatic rings. The summed E-state index contributed by atoms with van der Waals surface area (Å²) in [5.74, 6) is -0.721. The largest absolute Gasteiger partial charge is 0.354 e. The summed E-state index contributed by atoms with van der Waals surface area (Å²) >= 11 is 0. The van der Waals surface area contributed by atoms with Gasteiger partial charge in [-0.25, -0.2) is 17.5 Å². The number of nitrogens with one attached hydrogen (secondary N) is 2. The van der Waals surface area contributed by atoms with Gasteiger partial charge in [-0.05, 0) is 55.8 Å². The number of hydrogen-bond acceptors (Lipinski definition) is 4. The van der Waals surface area contributed by atoms with Gasteiger partial charge in [0, 0.05) is 19.5 Å². The zero-order valence-corrected chi connectivity index (χ0v) is 17.0. The van der Waals surface area contributed by atoms with E-state index < -0.39 is 15.8 Å². The quantitative estimate of drug-likeness (QED) is 0.655. The van der Waals surface area contributed by atoms with Crippen molar-refractivity contribution in [3.63, 3.8) is 0 Å². The third-order valence-electron chi connectivity index (χ3n) is 5.03. The molecule has 1 aliphatic rings. The van der Waals surface area contributed by atoms with Crippen LogP contribution in [0.25, 0.3) is 0 Å². The molecule has 0 aromatic heterocycles. The van der Waals surface area contributed by atoms with Gasteiger partial charge in [-0.3, -0.25) is 9.69 Å². The van der Waals surface area contributed by atoms with E-state index in [1.165, 1.54) is 12.1 Å². The average molecular weight is 420 g/mol. The Morgan fingerprint density at radius 2 is 1.69 bits per heavy atom. The van der Waals surface area contributed by atoms with Gasteiger partial charge in [-0.1, -0.05) is 30.3 Å². The van der Waals surface area contributed by atoms with Gasteiger partial charge in [-0.2, -0.15) is 0 Å². The normalized spacial score (nSPS) is 15.9.